The van der Waals surface area contributed by atoms with Gasteiger partial charge in [0.15, 0.2) is 6.61 Å². The van der Waals surface area contributed by atoms with Crippen LogP contribution in [0.3, 0.4) is 0 Å². The predicted molar refractivity (Wildman–Crippen MR) is 138 cm³/mol. The van der Waals surface area contributed by atoms with Crippen LogP contribution in [0.2, 0.25) is 0 Å². The highest BCUT2D eigenvalue weighted by molar-refractivity contribution is 7.86. The molecule has 1 heterocycles. The van der Waals surface area contributed by atoms with Gasteiger partial charge in [-0.05, 0) is 72.2 Å². The molecule has 1 aliphatic heterocycles. The monoisotopic (exact) mass is 508 g/mol. The highest BCUT2D eigenvalue weighted by atomic mass is 32.2. The molecule has 0 radical (unpaired) electrons. The maximum atomic E-state index is 12.9. The van der Waals surface area contributed by atoms with E-state index in [1.54, 1.807) is 24.1 Å². The number of carbonyl (C=O) groups is 2. The third kappa shape index (κ3) is 4.02. The summed E-state index contributed by atoms with van der Waals surface area (Å²) in [4.78, 5) is 26.3. The summed E-state index contributed by atoms with van der Waals surface area (Å²) in [5, 5.41) is 7.31. The lowest BCUT2D eigenvalue weighted by molar-refractivity contribution is -0.137. The number of nitrogens with one attached hydrogen (secondary N) is 1. The molecule has 0 saturated carbocycles. The zero-order valence-electron chi connectivity index (χ0n) is 20.4. The maximum Gasteiger partial charge on any atom is 0.295 e. The number of likely N-dealkylation sites (tertiary alicyclic amines) is 1. The van der Waals surface area contributed by atoms with Crippen LogP contribution in [0.5, 0.6) is 5.75 Å². The van der Waals surface area contributed by atoms with Gasteiger partial charge in [-0.1, -0.05) is 18.2 Å². The van der Waals surface area contributed by atoms with Crippen LogP contribution in [0.25, 0.3) is 32.3 Å². The highest BCUT2D eigenvalue weighted by Crippen LogP contribution is 2.43. The van der Waals surface area contributed by atoms with Crippen LogP contribution >= 0.6 is 0 Å². The van der Waals surface area contributed by atoms with E-state index in [2.05, 4.69) is 5.32 Å². The minimum atomic E-state index is -4.42. The Morgan fingerprint density at radius 1 is 0.972 bits per heavy atom. The number of piperidine rings is 1. The van der Waals surface area contributed by atoms with Crippen molar-refractivity contribution in [1.29, 1.82) is 0 Å². The van der Waals surface area contributed by atoms with Crippen molar-refractivity contribution in [3.63, 3.8) is 0 Å². The summed E-state index contributed by atoms with van der Waals surface area (Å²) < 4.78 is 40.2. The summed E-state index contributed by atoms with van der Waals surface area (Å²) >= 11 is 0. The Bertz CT molecular complexity index is 1620. The molecule has 1 aliphatic rings. The molecule has 2 amide bonds. The molecule has 0 unspecified atom stereocenters. The van der Waals surface area contributed by atoms with Gasteiger partial charge in [0.2, 0.25) is 5.91 Å². The lowest BCUT2D eigenvalue weighted by Gasteiger charge is -2.31. The van der Waals surface area contributed by atoms with Crippen molar-refractivity contribution in [2.75, 3.05) is 26.7 Å². The molecule has 1 saturated heterocycles. The quantitative estimate of drug-likeness (QED) is 0.313. The number of ether oxygens (including phenoxy) is 1. The van der Waals surface area contributed by atoms with Gasteiger partial charge in [0.05, 0.1) is 0 Å². The molecule has 2 N–H and O–H groups in total. The number of hydrogen-bond donors (Lipinski definition) is 2. The number of hydrogen-bond acceptors (Lipinski definition) is 5. The summed E-state index contributed by atoms with van der Waals surface area (Å²) in [6, 6.07) is 10.8. The summed E-state index contributed by atoms with van der Waals surface area (Å²) in [7, 11) is -2.80. The molecule has 9 heteroatoms. The standard InChI is InChI=1S/C27H28N2O6S/c1-15-12-22(35-14-24(30)29-10-8-17(9-11-29)27(31)28-3)20-6-7-21-23(36(32,33)34)13-16(2)19-5-4-18(15)25(20)26(19)21/h4-7,12-13,17H,8-11,14H2,1-3H3,(H,28,31)(H,32,33,34). The lowest BCUT2D eigenvalue weighted by atomic mass is 9.90. The van der Waals surface area contributed by atoms with Crippen molar-refractivity contribution in [2.24, 2.45) is 5.92 Å². The molecule has 0 atom stereocenters. The van der Waals surface area contributed by atoms with Crippen LogP contribution < -0.4 is 10.1 Å². The molecule has 4 aromatic rings. The first-order valence-corrected chi connectivity index (χ1v) is 13.4. The lowest BCUT2D eigenvalue weighted by Crippen LogP contribution is -2.44. The smallest absolute Gasteiger partial charge is 0.295 e. The molecule has 188 valence electrons. The van der Waals surface area contributed by atoms with Gasteiger partial charge < -0.3 is 15.0 Å². The normalized spacial score (nSPS) is 15.2. The summed E-state index contributed by atoms with van der Waals surface area (Å²) in [6.45, 7) is 4.64. The third-order valence-electron chi connectivity index (χ3n) is 7.33. The molecule has 36 heavy (non-hydrogen) atoms. The molecule has 5 rings (SSSR count). The molecule has 8 nitrogen and oxygen atoms in total. The first kappa shape index (κ1) is 24.3. The van der Waals surface area contributed by atoms with Gasteiger partial charge in [0.1, 0.15) is 10.6 Å². The Kier molecular flexibility index (Phi) is 6.00. The molecular weight excluding hydrogens is 480 g/mol. The fourth-order valence-electron chi connectivity index (χ4n) is 5.43. The molecular formula is C27H28N2O6S. The first-order valence-electron chi connectivity index (χ1n) is 11.9. The van der Waals surface area contributed by atoms with Crippen molar-refractivity contribution < 1.29 is 27.3 Å². The second kappa shape index (κ2) is 8.90. The number of amides is 2. The zero-order valence-corrected chi connectivity index (χ0v) is 21.2. The van der Waals surface area contributed by atoms with E-state index >= 15 is 0 Å². The molecule has 4 aromatic carbocycles. The van der Waals surface area contributed by atoms with Gasteiger partial charge in [-0.15, -0.1) is 0 Å². The SMILES string of the molecule is CNC(=O)C1CCN(C(=O)COc2cc(C)c3ccc4c(C)cc(S(=O)(=O)O)c5ccc2c3c45)CC1. The predicted octanol–water partition coefficient (Wildman–Crippen LogP) is 3.81. The third-order valence-corrected chi connectivity index (χ3v) is 8.22. The number of benzene rings is 4. The Balaban J connectivity index is 1.51. The van der Waals surface area contributed by atoms with Crippen molar-refractivity contribution >= 4 is 54.2 Å². The maximum absolute atomic E-state index is 12.9. The number of carbonyl (C=O) groups excluding carboxylic acids is 2. The zero-order chi connectivity index (χ0) is 25.8. The van der Waals surface area contributed by atoms with E-state index in [4.69, 9.17) is 4.74 Å². The Hall–Kier alpha value is -3.43. The van der Waals surface area contributed by atoms with Crippen LogP contribution in [0.4, 0.5) is 0 Å². The van der Waals surface area contributed by atoms with E-state index in [-0.39, 0.29) is 29.2 Å². The van der Waals surface area contributed by atoms with E-state index in [9.17, 15) is 22.6 Å². The van der Waals surface area contributed by atoms with E-state index in [1.165, 1.54) is 6.07 Å². The first-order chi connectivity index (χ1) is 17.1. The minimum Gasteiger partial charge on any atom is -0.483 e. The number of nitrogens with zero attached hydrogens (tertiary/aromatic N) is 1. The van der Waals surface area contributed by atoms with Crippen molar-refractivity contribution in [1.82, 2.24) is 10.2 Å². The summed E-state index contributed by atoms with van der Waals surface area (Å²) in [5.74, 6) is 0.335. The number of aryl methyl sites for hydroxylation is 2. The van der Waals surface area contributed by atoms with E-state index < -0.39 is 10.1 Å². The van der Waals surface area contributed by atoms with Crippen molar-refractivity contribution in [3.05, 3.63) is 47.5 Å². The fraction of sp³-hybridized carbons (Fsp3) is 0.333. The molecule has 0 spiro atoms. The second-order valence-corrected chi connectivity index (χ2v) is 10.9. The van der Waals surface area contributed by atoms with Gasteiger partial charge in [0.25, 0.3) is 16.0 Å². The van der Waals surface area contributed by atoms with Gasteiger partial charge in [-0.25, -0.2) is 0 Å². The van der Waals surface area contributed by atoms with Crippen LogP contribution in [0.1, 0.15) is 24.0 Å². The van der Waals surface area contributed by atoms with Crippen molar-refractivity contribution in [2.45, 2.75) is 31.6 Å². The van der Waals surface area contributed by atoms with Crippen molar-refractivity contribution in [3.8, 4) is 5.75 Å². The van der Waals surface area contributed by atoms with Crippen LogP contribution in [0.15, 0.2) is 41.3 Å². The topological polar surface area (TPSA) is 113 Å². The number of rotatable bonds is 5. The minimum absolute atomic E-state index is 0.00913. The summed E-state index contributed by atoms with van der Waals surface area (Å²) in [5.41, 5.74) is 1.67. The molecule has 0 aromatic heterocycles. The van der Waals surface area contributed by atoms with Crippen LogP contribution in [0, 0.1) is 19.8 Å². The Morgan fingerprint density at radius 2 is 1.53 bits per heavy atom. The average molecular weight is 509 g/mol. The van der Waals surface area contributed by atoms with Gasteiger partial charge >= 0.3 is 0 Å². The van der Waals surface area contributed by atoms with E-state index in [0.717, 1.165) is 38.1 Å². The molecule has 0 aliphatic carbocycles. The fourth-order valence-corrected chi connectivity index (χ4v) is 6.20. The Labute approximate surface area is 209 Å². The Morgan fingerprint density at radius 3 is 2.14 bits per heavy atom. The highest BCUT2D eigenvalue weighted by Gasteiger charge is 2.27. The van der Waals surface area contributed by atoms with Crippen LogP contribution in [-0.4, -0.2) is 56.4 Å². The van der Waals surface area contributed by atoms with E-state index in [0.29, 0.717) is 37.1 Å². The van der Waals surface area contributed by atoms with E-state index in [1.807, 2.05) is 32.0 Å². The average Bonchev–Trinajstić information content (AvgIpc) is 2.86. The van der Waals surface area contributed by atoms with Gasteiger partial charge in [-0.3, -0.25) is 14.1 Å². The largest absolute Gasteiger partial charge is 0.483 e. The second-order valence-electron chi connectivity index (χ2n) is 9.49. The summed E-state index contributed by atoms with van der Waals surface area (Å²) in [6.07, 6.45) is 1.25. The van der Waals surface area contributed by atoms with Gasteiger partial charge in [0, 0.05) is 42.2 Å². The van der Waals surface area contributed by atoms with Gasteiger partial charge in [-0.2, -0.15) is 8.42 Å². The molecule has 0 bridgehead atoms. The van der Waals surface area contributed by atoms with Crippen LogP contribution in [-0.2, 0) is 19.7 Å². The molecule has 1 fully saturated rings.